The molecule has 0 spiro atoms. The maximum absolute atomic E-state index is 12.3. The second-order valence-electron chi connectivity index (χ2n) is 4.95. The van der Waals surface area contributed by atoms with Crippen molar-refractivity contribution in [1.29, 1.82) is 0 Å². The second-order valence-corrected chi connectivity index (χ2v) is 7.50. The Morgan fingerprint density at radius 1 is 1.30 bits per heavy atom. The highest BCUT2D eigenvalue weighted by Crippen LogP contribution is 2.31. The molecule has 0 heterocycles. The van der Waals surface area contributed by atoms with E-state index in [1.807, 2.05) is 6.92 Å². The van der Waals surface area contributed by atoms with Crippen LogP contribution in [0.25, 0.3) is 0 Å². The Labute approximate surface area is 129 Å². The van der Waals surface area contributed by atoms with E-state index in [9.17, 15) is 8.42 Å². The summed E-state index contributed by atoms with van der Waals surface area (Å²) in [6.07, 6.45) is 2.16. The van der Waals surface area contributed by atoms with E-state index in [-0.39, 0.29) is 9.92 Å². The molecule has 1 aromatic rings. The molecule has 1 aliphatic carbocycles. The number of hydrogen-bond donors (Lipinski definition) is 2. The number of benzene rings is 1. The maximum Gasteiger partial charge on any atom is 0.242 e. The van der Waals surface area contributed by atoms with Gasteiger partial charge in [-0.05, 0) is 43.0 Å². The van der Waals surface area contributed by atoms with E-state index in [0.29, 0.717) is 29.6 Å². The fourth-order valence-electron chi connectivity index (χ4n) is 1.83. The van der Waals surface area contributed by atoms with Gasteiger partial charge in [-0.15, -0.1) is 0 Å². The lowest BCUT2D eigenvalue weighted by Crippen LogP contribution is -2.26. The van der Waals surface area contributed by atoms with E-state index in [1.54, 1.807) is 6.07 Å². The molecule has 20 heavy (non-hydrogen) atoms. The van der Waals surface area contributed by atoms with E-state index in [2.05, 4.69) is 10.0 Å². The van der Waals surface area contributed by atoms with E-state index >= 15 is 0 Å². The molecular weight excluding hydrogens is 319 g/mol. The van der Waals surface area contributed by atoms with Gasteiger partial charge < -0.3 is 5.32 Å². The minimum Gasteiger partial charge on any atom is -0.313 e. The number of sulfonamides is 1. The van der Waals surface area contributed by atoms with Gasteiger partial charge >= 0.3 is 0 Å². The third-order valence-corrected chi connectivity index (χ3v) is 5.42. The Kier molecular flexibility index (Phi) is 5.31. The second kappa shape index (κ2) is 6.62. The fourth-order valence-corrected chi connectivity index (χ4v) is 3.88. The van der Waals surface area contributed by atoms with Crippen LogP contribution in [0.2, 0.25) is 10.0 Å². The molecular formula is C13H18Cl2N2O2S. The minimum absolute atomic E-state index is 0.0558. The largest absolute Gasteiger partial charge is 0.313 e. The number of halogens is 2. The van der Waals surface area contributed by atoms with Gasteiger partial charge in [0, 0.05) is 18.1 Å². The predicted octanol–water partition coefficient (Wildman–Crippen LogP) is 2.79. The van der Waals surface area contributed by atoms with Gasteiger partial charge in [0.2, 0.25) is 10.0 Å². The van der Waals surface area contributed by atoms with Gasteiger partial charge in [0.05, 0.1) is 5.02 Å². The molecule has 0 radical (unpaired) electrons. The van der Waals surface area contributed by atoms with Crippen molar-refractivity contribution in [2.45, 2.75) is 31.2 Å². The minimum atomic E-state index is -3.61. The number of hydrogen-bond acceptors (Lipinski definition) is 3. The van der Waals surface area contributed by atoms with Gasteiger partial charge in [-0.2, -0.15) is 0 Å². The smallest absolute Gasteiger partial charge is 0.242 e. The third-order valence-electron chi connectivity index (χ3n) is 3.19. The van der Waals surface area contributed by atoms with Crippen LogP contribution in [0.3, 0.4) is 0 Å². The normalized spacial score (nSPS) is 15.6. The van der Waals surface area contributed by atoms with E-state index in [4.69, 9.17) is 23.2 Å². The number of nitrogens with one attached hydrogen (secondary N) is 2. The van der Waals surface area contributed by atoms with Crippen LogP contribution in [0.5, 0.6) is 0 Å². The molecule has 1 aromatic carbocycles. The average Bonchev–Trinajstić information content (AvgIpc) is 3.21. The summed E-state index contributed by atoms with van der Waals surface area (Å²) in [5.74, 6) is 0.462. The molecule has 0 bridgehead atoms. The Morgan fingerprint density at radius 3 is 2.60 bits per heavy atom. The zero-order chi connectivity index (χ0) is 14.8. The molecule has 1 aliphatic rings. The quantitative estimate of drug-likeness (QED) is 0.804. The van der Waals surface area contributed by atoms with E-state index in [1.165, 1.54) is 6.07 Å². The Hall–Kier alpha value is -0.330. The Morgan fingerprint density at radius 2 is 2.00 bits per heavy atom. The Bertz CT molecular complexity index is 586. The van der Waals surface area contributed by atoms with Crippen molar-refractivity contribution < 1.29 is 8.42 Å². The molecule has 0 saturated heterocycles. The molecule has 0 aliphatic heterocycles. The SMILES string of the molecule is CCNCc1cc(Cl)cc(S(=O)(=O)NCC2CC2)c1Cl. The lowest BCUT2D eigenvalue weighted by atomic mass is 10.2. The summed E-state index contributed by atoms with van der Waals surface area (Å²) in [4.78, 5) is 0.0558. The van der Waals surface area contributed by atoms with Gasteiger partial charge in [-0.3, -0.25) is 0 Å². The van der Waals surface area contributed by atoms with Crippen molar-refractivity contribution in [1.82, 2.24) is 10.0 Å². The summed E-state index contributed by atoms with van der Waals surface area (Å²) < 4.78 is 27.2. The molecule has 4 nitrogen and oxygen atoms in total. The van der Waals surface area contributed by atoms with Crippen molar-refractivity contribution >= 4 is 33.2 Å². The van der Waals surface area contributed by atoms with Crippen molar-refractivity contribution in [3.63, 3.8) is 0 Å². The van der Waals surface area contributed by atoms with Gasteiger partial charge in [0.25, 0.3) is 0 Å². The molecule has 7 heteroatoms. The molecule has 0 aromatic heterocycles. The first kappa shape index (κ1) is 16.0. The standard InChI is InChI=1S/C13H18Cl2N2O2S/c1-2-16-8-10-5-11(14)6-12(13(10)15)20(18,19)17-7-9-3-4-9/h5-6,9,16-17H,2-4,7-8H2,1H3. The van der Waals surface area contributed by atoms with E-state index in [0.717, 1.165) is 19.4 Å². The van der Waals surface area contributed by atoms with Crippen molar-refractivity contribution in [2.75, 3.05) is 13.1 Å². The highest BCUT2D eigenvalue weighted by Gasteiger charge is 2.26. The van der Waals surface area contributed by atoms with Gasteiger partial charge in [0.1, 0.15) is 4.90 Å². The van der Waals surface area contributed by atoms with Gasteiger partial charge in [0.15, 0.2) is 0 Å². The summed E-state index contributed by atoms with van der Waals surface area (Å²) >= 11 is 12.2. The maximum atomic E-state index is 12.3. The first-order valence-electron chi connectivity index (χ1n) is 6.62. The summed E-state index contributed by atoms with van der Waals surface area (Å²) in [7, 11) is -3.61. The number of rotatable bonds is 7. The van der Waals surface area contributed by atoms with Crippen LogP contribution < -0.4 is 10.0 Å². The van der Waals surface area contributed by atoms with Crippen molar-refractivity contribution in [3.8, 4) is 0 Å². The zero-order valence-corrected chi connectivity index (χ0v) is 13.6. The lowest BCUT2D eigenvalue weighted by molar-refractivity contribution is 0.577. The Balaban J connectivity index is 2.26. The van der Waals surface area contributed by atoms with Crippen LogP contribution in [0, 0.1) is 5.92 Å². The van der Waals surface area contributed by atoms with E-state index < -0.39 is 10.0 Å². The molecule has 112 valence electrons. The fraction of sp³-hybridized carbons (Fsp3) is 0.538. The molecule has 1 fully saturated rings. The van der Waals surface area contributed by atoms with Crippen LogP contribution >= 0.6 is 23.2 Å². The molecule has 1 saturated carbocycles. The monoisotopic (exact) mass is 336 g/mol. The third kappa shape index (κ3) is 4.09. The van der Waals surface area contributed by atoms with Gasteiger partial charge in [-0.25, -0.2) is 13.1 Å². The molecule has 0 unspecified atom stereocenters. The van der Waals surface area contributed by atoms with Crippen molar-refractivity contribution in [2.24, 2.45) is 5.92 Å². The van der Waals surface area contributed by atoms with Crippen LogP contribution in [0.15, 0.2) is 17.0 Å². The summed E-state index contributed by atoms with van der Waals surface area (Å²) in [5.41, 5.74) is 0.688. The van der Waals surface area contributed by atoms with Crippen LogP contribution in [0.4, 0.5) is 0 Å². The van der Waals surface area contributed by atoms with Crippen molar-refractivity contribution in [3.05, 3.63) is 27.7 Å². The molecule has 2 rings (SSSR count). The topological polar surface area (TPSA) is 58.2 Å². The predicted molar refractivity (Wildman–Crippen MR) is 81.8 cm³/mol. The molecule has 0 atom stereocenters. The summed E-state index contributed by atoms with van der Waals surface area (Å²) in [5, 5.41) is 3.72. The summed E-state index contributed by atoms with van der Waals surface area (Å²) in [6, 6.07) is 3.08. The summed E-state index contributed by atoms with van der Waals surface area (Å²) in [6.45, 7) is 3.69. The lowest BCUT2D eigenvalue weighted by Gasteiger charge is -2.12. The first-order chi connectivity index (χ1) is 9.44. The first-order valence-corrected chi connectivity index (χ1v) is 8.86. The van der Waals surface area contributed by atoms with Crippen LogP contribution in [-0.2, 0) is 16.6 Å². The highest BCUT2D eigenvalue weighted by molar-refractivity contribution is 7.89. The zero-order valence-electron chi connectivity index (χ0n) is 11.2. The molecule has 0 amide bonds. The average molecular weight is 337 g/mol. The highest BCUT2D eigenvalue weighted by atomic mass is 35.5. The van der Waals surface area contributed by atoms with Crippen LogP contribution in [0.1, 0.15) is 25.3 Å². The van der Waals surface area contributed by atoms with Gasteiger partial charge in [-0.1, -0.05) is 30.1 Å². The molecule has 2 N–H and O–H groups in total. The van der Waals surface area contributed by atoms with Crippen LogP contribution in [-0.4, -0.2) is 21.5 Å².